The highest BCUT2D eigenvalue weighted by atomic mass is 19.3. The molecule has 1 rings (SSSR count). The van der Waals surface area contributed by atoms with Crippen LogP contribution >= 0.6 is 0 Å². The highest BCUT2D eigenvalue weighted by Gasteiger charge is 2.20. The molecule has 15 heavy (non-hydrogen) atoms. The van der Waals surface area contributed by atoms with Gasteiger partial charge in [-0.1, -0.05) is 0 Å². The molecule has 0 fully saturated rings. The molecule has 5 N–H and O–H groups in total. The lowest BCUT2D eigenvalue weighted by atomic mass is 10.1. The molecule has 0 saturated carbocycles. The first-order valence-electron chi connectivity index (χ1n) is 3.98. The second kappa shape index (κ2) is 4.18. The number of carbonyl (C=O) groups is 1. The second-order valence-corrected chi connectivity index (χ2v) is 2.78. The van der Waals surface area contributed by atoms with Gasteiger partial charge in [-0.15, -0.1) is 0 Å². The van der Waals surface area contributed by atoms with Crippen LogP contribution in [0.4, 0.5) is 14.6 Å². The van der Waals surface area contributed by atoms with Crippen LogP contribution in [0, 0.1) is 0 Å². The van der Waals surface area contributed by atoms with E-state index < -0.39 is 29.5 Å². The Balaban J connectivity index is 3.37. The van der Waals surface area contributed by atoms with E-state index in [4.69, 9.17) is 16.6 Å². The van der Waals surface area contributed by atoms with Crippen LogP contribution < -0.4 is 11.5 Å². The second-order valence-electron chi connectivity index (χ2n) is 2.78. The number of hydrogen-bond acceptors (Lipinski definition) is 4. The van der Waals surface area contributed by atoms with Gasteiger partial charge in [0.05, 0.1) is 5.56 Å². The number of carboxylic acids is 1. The summed E-state index contributed by atoms with van der Waals surface area (Å²) < 4.78 is 25.0. The van der Waals surface area contributed by atoms with Gasteiger partial charge in [0.25, 0.3) is 6.43 Å². The van der Waals surface area contributed by atoms with Crippen LogP contribution in [0.25, 0.3) is 0 Å². The van der Waals surface area contributed by atoms with Crippen LogP contribution in [0.3, 0.4) is 0 Å². The quantitative estimate of drug-likeness (QED) is 0.693. The summed E-state index contributed by atoms with van der Waals surface area (Å²) in [5, 5.41) is 8.61. The fraction of sp³-hybridized carbons (Fsp3) is 0.250. The molecule has 1 aromatic heterocycles. The smallest absolute Gasteiger partial charge is 0.354 e. The Morgan fingerprint density at radius 1 is 1.60 bits per heavy atom. The van der Waals surface area contributed by atoms with Crippen molar-refractivity contribution < 1.29 is 18.7 Å². The van der Waals surface area contributed by atoms with E-state index in [-0.39, 0.29) is 12.1 Å². The number of rotatable bonds is 3. The van der Waals surface area contributed by atoms with Crippen molar-refractivity contribution in [2.24, 2.45) is 5.73 Å². The van der Waals surface area contributed by atoms with Crippen molar-refractivity contribution >= 4 is 11.8 Å². The molecule has 5 nitrogen and oxygen atoms in total. The average Bonchev–Trinajstić information content (AvgIpc) is 2.15. The molecule has 0 aliphatic rings. The first kappa shape index (κ1) is 11.3. The summed E-state index contributed by atoms with van der Waals surface area (Å²) in [6.07, 6.45) is -2.82. The molecule has 0 unspecified atom stereocenters. The van der Waals surface area contributed by atoms with Crippen molar-refractivity contribution in [1.29, 1.82) is 0 Å². The highest BCUT2D eigenvalue weighted by Crippen LogP contribution is 2.27. The van der Waals surface area contributed by atoms with Gasteiger partial charge >= 0.3 is 5.97 Å². The summed E-state index contributed by atoms with van der Waals surface area (Å²) in [7, 11) is 0. The molecule has 0 spiro atoms. The van der Waals surface area contributed by atoms with Crippen LogP contribution in [0.1, 0.15) is 28.0 Å². The zero-order valence-corrected chi connectivity index (χ0v) is 7.58. The maximum Gasteiger partial charge on any atom is 0.354 e. The number of nitrogens with two attached hydrogens (primary N) is 2. The first-order chi connectivity index (χ1) is 6.97. The van der Waals surface area contributed by atoms with E-state index >= 15 is 0 Å². The van der Waals surface area contributed by atoms with E-state index in [2.05, 4.69) is 4.98 Å². The number of aromatic carboxylic acids is 1. The van der Waals surface area contributed by atoms with Crippen LogP contribution in [0.2, 0.25) is 0 Å². The van der Waals surface area contributed by atoms with E-state index in [0.717, 1.165) is 6.07 Å². The molecule has 82 valence electrons. The minimum Gasteiger partial charge on any atom is -0.477 e. The highest BCUT2D eigenvalue weighted by molar-refractivity contribution is 5.86. The number of nitrogens with zero attached hydrogens (tertiary/aromatic N) is 1. The molecule has 0 bridgehead atoms. The van der Waals surface area contributed by atoms with Crippen molar-refractivity contribution in [3.8, 4) is 0 Å². The van der Waals surface area contributed by atoms with Gasteiger partial charge in [0.1, 0.15) is 5.82 Å². The van der Waals surface area contributed by atoms with Crippen LogP contribution in [0.15, 0.2) is 6.07 Å². The number of hydrogen-bond donors (Lipinski definition) is 3. The third kappa shape index (κ3) is 2.18. The summed E-state index contributed by atoms with van der Waals surface area (Å²) in [5.74, 6) is -1.83. The molecule has 0 aliphatic carbocycles. The average molecular weight is 217 g/mol. The number of anilines is 1. The molecule has 1 aromatic rings. The Morgan fingerprint density at radius 3 is 2.60 bits per heavy atom. The molecule has 0 aliphatic heterocycles. The van der Waals surface area contributed by atoms with E-state index in [1.807, 2.05) is 0 Å². The summed E-state index contributed by atoms with van der Waals surface area (Å²) in [6, 6.07) is 1.00. The lowest BCUT2D eigenvalue weighted by molar-refractivity contribution is 0.0690. The maximum atomic E-state index is 12.5. The fourth-order valence-corrected chi connectivity index (χ4v) is 1.16. The number of carboxylic acid groups (broad SMARTS) is 1. The van der Waals surface area contributed by atoms with Gasteiger partial charge in [0.2, 0.25) is 0 Å². The summed E-state index contributed by atoms with van der Waals surface area (Å²) in [4.78, 5) is 13.9. The molecule has 0 saturated heterocycles. The molecular weight excluding hydrogens is 208 g/mol. The van der Waals surface area contributed by atoms with Crippen molar-refractivity contribution in [3.63, 3.8) is 0 Å². The SMILES string of the molecule is NCc1cc(C(=O)O)nc(N)c1C(F)F. The fourth-order valence-electron chi connectivity index (χ4n) is 1.16. The van der Waals surface area contributed by atoms with Gasteiger partial charge in [-0.3, -0.25) is 0 Å². The van der Waals surface area contributed by atoms with Gasteiger partial charge in [0, 0.05) is 6.54 Å². The van der Waals surface area contributed by atoms with Gasteiger partial charge in [-0.05, 0) is 11.6 Å². The number of aromatic nitrogens is 1. The van der Waals surface area contributed by atoms with E-state index in [0.29, 0.717) is 0 Å². The summed E-state index contributed by atoms with van der Waals surface area (Å²) in [6.45, 7) is -0.216. The Labute approximate surface area is 83.7 Å². The predicted molar refractivity (Wildman–Crippen MR) is 48.5 cm³/mol. The van der Waals surface area contributed by atoms with Crippen molar-refractivity contribution in [3.05, 3.63) is 22.9 Å². The molecule has 7 heteroatoms. The lowest BCUT2D eigenvalue weighted by Crippen LogP contribution is -2.12. The molecule has 0 amide bonds. The van der Waals surface area contributed by atoms with Crippen molar-refractivity contribution in [1.82, 2.24) is 4.98 Å². The van der Waals surface area contributed by atoms with E-state index in [1.54, 1.807) is 0 Å². The topological polar surface area (TPSA) is 102 Å². The minimum absolute atomic E-state index is 0.00472. The first-order valence-corrected chi connectivity index (χ1v) is 3.98. The van der Waals surface area contributed by atoms with Crippen LogP contribution in [-0.4, -0.2) is 16.1 Å². The van der Waals surface area contributed by atoms with Crippen LogP contribution in [-0.2, 0) is 6.54 Å². The van der Waals surface area contributed by atoms with Gasteiger partial charge < -0.3 is 16.6 Å². The molecular formula is C8H9F2N3O2. The molecule has 0 atom stereocenters. The zero-order valence-electron chi connectivity index (χ0n) is 7.58. The van der Waals surface area contributed by atoms with Crippen molar-refractivity contribution in [2.45, 2.75) is 13.0 Å². The minimum atomic E-state index is -2.82. The van der Waals surface area contributed by atoms with Gasteiger partial charge in [-0.2, -0.15) is 0 Å². The largest absolute Gasteiger partial charge is 0.477 e. The molecule has 1 heterocycles. The standard InChI is InChI=1S/C8H9F2N3O2/c9-6(10)5-3(2-11)1-4(8(14)15)13-7(5)12/h1,6H,2,11H2,(H2,12,13)(H,14,15). The Hall–Kier alpha value is -1.76. The summed E-state index contributed by atoms with van der Waals surface area (Å²) in [5.41, 5.74) is 9.55. The Bertz CT molecular complexity index is 396. The van der Waals surface area contributed by atoms with E-state index in [9.17, 15) is 13.6 Å². The third-order valence-corrected chi connectivity index (χ3v) is 1.83. The number of pyridine rings is 1. The third-order valence-electron chi connectivity index (χ3n) is 1.83. The summed E-state index contributed by atoms with van der Waals surface area (Å²) >= 11 is 0. The zero-order chi connectivity index (χ0) is 11.6. The molecule has 0 aromatic carbocycles. The Kier molecular flexibility index (Phi) is 3.15. The van der Waals surface area contributed by atoms with Gasteiger partial charge in [0.15, 0.2) is 5.69 Å². The monoisotopic (exact) mass is 217 g/mol. The predicted octanol–water partition coefficient (Wildman–Crippen LogP) is 0.758. The lowest BCUT2D eigenvalue weighted by Gasteiger charge is -2.10. The number of halogens is 2. The Morgan fingerprint density at radius 2 is 2.20 bits per heavy atom. The van der Waals surface area contributed by atoms with Crippen LogP contribution in [0.5, 0.6) is 0 Å². The number of alkyl halides is 2. The van der Waals surface area contributed by atoms with Crippen molar-refractivity contribution in [2.75, 3.05) is 5.73 Å². The normalized spacial score (nSPS) is 10.7. The maximum absolute atomic E-state index is 12.5. The van der Waals surface area contributed by atoms with Gasteiger partial charge in [-0.25, -0.2) is 18.6 Å². The number of nitrogen functional groups attached to an aromatic ring is 1. The van der Waals surface area contributed by atoms with E-state index in [1.165, 1.54) is 0 Å². The molecule has 0 radical (unpaired) electrons.